The first-order valence-corrected chi connectivity index (χ1v) is 6.88. The van der Waals surface area contributed by atoms with Gasteiger partial charge in [-0.1, -0.05) is 29.3 Å². The zero-order chi connectivity index (χ0) is 14.2. The molecule has 100 valence electrons. The number of carbonyl (C=O) groups is 1. The summed E-state index contributed by atoms with van der Waals surface area (Å²) in [7, 11) is 1.77. The molecule has 0 bridgehead atoms. The van der Waals surface area contributed by atoms with Crippen molar-refractivity contribution in [1.82, 2.24) is 9.80 Å². The topological polar surface area (TPSA) is 23.6 Å². The predicted molar refractivity (Wildman–Crippen MR) is 82.2 cm³/mol. The van der Waals surface area contributed by atoms with Gasteiger partial charge in [-0.15, -0.1) is 0 Å². The van der Waals surface area contributed by atoms with E-state index in [0.29, 0.717) is 27.4 Å². The van der Waals surface area contributed by atoms with E-state index in [1.165, 1.54) is 0 Å². The molecule has 1 saturated heterocycles. The Morgan fingerprint density at radius 3 is 2.58 bits per heavy atom. The third-order valence-corrected chi connectivity index (χ3v) is 3.97. The fourth-order valence-electron chi connectivity index (χ4n) is 1.86. The Labute approximate surface area is 127 Å². The van der Waals surface area contributed by atoms with Gasteiger partial charge in [-0.25, -0.2) is 0 Å². The molecule has 1 fully saturated rings. The molecule has 2 rings (SSSR count). The number of rotatable bonds is 2. The first-order valence-electron chi connectivity index (χ1n) is 5.72. The van der Waals surface area contributed by atoms with Gasteiger partial charge in [0.15, 0.2) is 5.11 Å². The highest BCUT2D eigenvalue weighted by molar-refractivity contribution is 7.80. The van der Waals surface area contributed by atoms with E-state index < -0.39 is 0 Å². The van der Waals surface area contributed by atoms with Crippen molar-refractivity contribution in [2.45, 2.75) is 6.92 Å². The molecular formula is C13H12Cl2N2OS. The molecule has 1 amide bonds. The molecule has 1 aliphatic heterocycles. The summed E-state index contributed by atoms with van der Waals surface area (Å²) in [6, 6.07) is 5.15. The van der Waals surface area contributed by atoms with Gasteiger partial charge in [0.1, 0.15) is 5.70 Å². The van der Waals surface area contributed by atoms with Crippen LogP contribution in [0.5, 0.6) is 0 Å². The Kier molecular flexibility index (Phi) is 4.13. The summed E-state index contributed by atoms with van der Waals surface area (Å²) in [4.78, 5) is 15.4. The summed E-state index contributed by atoms with van der Waals surface area (Å²) >= 11 is 17.2. The lowest BCUT2D eigenvalue weighted by molar-refractivity contribution is -0.122. The molecule has 3 nitrogen and oxygen atoms in total. The van der Waals surface area contributed by atoms with Gasteiger partial charge < -0.3 is 4.90 Å². The van der Waals surface area contributed by atoms with Crippen molar-refractivity contribution >= 4 is 52.5 Å². The minimum Gasteiger partial charge on any atom is -0.317 e. The molecule has 0 radical (unpaired) electrons. The number of hydrogen-bond donors (Lipinski definition) is 0. The van der Waals surface area contributed by atoms with Crippen LogP contribution in [0.15, 0.2) is 23.9 Å². The quantitative estimate of drug-likeness (QED) is 0.617. The van der Waals surface area contributed by atoms with Crippen LogP contribution < -0.4 is 0 Å². The molecule has 0 atom stereocenters. The van der Waals surface area contributed by atoms with Gasteiger partial charge in [0.25, 0.3) is 5.91 Å². The van der Waals surface area contributed by atoms with Crippen LogP contribution in [0.4, 0.5) is 0 Å². The molecular weight excluding hydrogens is 303 g/mol. The Morgan fingerprint density at radius 2 is 2.05 bits per heavy atom. The molecule has 19 heavy (non-hydrogen) atoms. The summed E-state index contributed by atoms with van der Waals surface area (Å²) in [5.74, 6) is -0.110. The van der Waals surface area contributed by atoms with Gasteiger partial charge in [0, 0.05) is 23.6 Å². The van der Waals surface area contributed by atoms with E-state index in [-0.39, 0.29) is 5.91 Å². The van der Waals surface area contributed by atoms with Crippen molar-refractivity contribution in [2.75, 3.05) is 13.6 Å². The molecule has 0 spiro atoms. The second-order valence-corrected chi connectivity index (χ2v) is 5.30. The van der Waals surface area contributed by atoms with E-state index in [1.807, 2.05) is 6.92 Å². The molecule has 0 saturated carbocycles. The highest BCUT2D eigenvalue weighted by atomic mass is 35.5. The second-order valence-electron chi connectivity index (χ2n) is 4.09. The van der Waals surface area contributed by atoms with Crippen molar-refractivity contribution in [1.29, 1.82) is 0 Å². The van der Waals surface area contributed by atoms with Crippen molar-refractivity contribution in [3.05, 3.63) is 39.5 Å². The summed E-state index contributed by atoms with van der Waals surface area (Å²) in [5.41, 5.74) is 1.25. The maximum atomic E-state index is 12.2. The molecule has 0 aromatic heterocycles. The maximum Gasteiger partial charge on any atom is 0.276 e. The van der Waals surface area contributed by atoms with Crippen LogP contribution in [-0.4, -0.2) is 34.4 Å². The summed E-state index contributed by atoms with van der Waals surface area (Å²) in [5, 5.41) is 1.56. The fraction of sp³-hybridized carbons (Fsp3) is 0.231. The molecule has 1 heterocycles. The summed E-state index contributed by atoms with van der Waals surface area (Å²) in [6.07, 6.45) is 1.73. The van der Waals surface area contributed by atoms with Gasteiger partial charge >= 0.3 is 0 Å². The first-order chi connectivity index (χ1) is 8.95. The van der Waals surface area contributed by atoms with Crippen LogP contribution in [0.25, 0.3) is 6.08 Å². The molecule has 0 N–H and O–H groups in total. The van der Waals surface area contributed by atoms with Gasteiger partial charge in [-0.2, -0.15) is 0 Å². The van der Waals surface area contributed by atoms with Crippen LogP contribution >= 0.6 is 35.4 Å². The number of thiocarbonyl (C=S) groups is 1. The normalized spacial score (nSPS) is 17.8. The average Bonchev–Trinajstić information content (AvgIpc) is 2.56. The zero-order valence-electron chi connectivity index (χ0n) is 10.5. The Morgan fingerprint density at radius 1 is 1.37 bits per heavy atom. The number of halogens is 2. The van der Waals surface area contributed by atoms with Crippen LogP contribution in [0.3, 0.4) is 0 Å². The van der Waals surface area contributed by atoms with Gasteiger partial charge in [0.2, 0.25) is 0 Å². The van der Waals surface area contributed by atoms with E-state index in [1.54, 1.807) is 41.1 Å². The third kappa shape index (κ3) is 2.61. The van der Waals surface area contributed by atoms with Crippen molar-refractivity contribution in [3.63, 3.8) is 0 Å². The first kappa shape index (κ1) is 14.3. The lowest BCUT2D eigenvalue weighted by atomic mass is 10.2. The van der Waals surface area contributed by atoms with E-state index in [0.717, 1.165) is 5.56 Å². The minimum atomic E-state index is -0.110. The van der Waals surface area contributed by atoms with Crippen LogP contribution in [0.2, 0.25) is 10.0 Å². The molecule has 1 aromatic rings. The number of likely N-dealkylation sites (N-methyl/N-ethyl adjacent to an activating group) is 2. The monoisotopic (exact) mass is 314 g/mol. The summed E-state index contributed by atoms with van der Waals surface area (Å²) < 4.78 is 0. The second kappa shape index (κ2) is 5.49. The Balaban J connectivity index is 2.43. The molecule has 0 aliphatic carbocycles. The van der Waals surface area contributed by atoms with E-state index in [9.17, 15) is 4.79 Å². The zero-order valence-corrected chi connectivity index (χ0v) is 12.8. The predicted octanol–water partition coefficient (Wildman–Crippen LogP) is 3.41. The average molecular weight is 315 g/mol. The van der Waals surface area contributed by atoms with E-state index >= 15 is 0 Å². The number of benzene rings is 1. The van der Waals surface area contributed by atoms with Crippen molar-refractivity contribution < 1.29 is 4.79 Å². The fourth-order valence-corrected chi connectivity index (χ4v) is 2.63. The highest BCUT2D eigenvalue weighted by Gasteiger charge is 2.34. The highest BCUT2D eigenvalue weighted by Crippen LogP contribution is 2.26. The number of nitrogens with zero attached hydrogens (tertiary/aromatic N) is 2. The van der Waals surface area contributed by atoms with E-state index in [2.05, 4.69) is 0 Å². The summed E-state index contributed by atoms with van der Waals surface area (Å²) in [6.45, 7) is 2.43. The third-order valence-electron chi connectivity index (χ3n) is 2.91. The lowest BCUT2D eigenvalue weighted by Crippen LogP contribution is -2.30. The number of amides is 1. The van der Waals surface area contributed by atoms with Gasteiger partial charge in [-0.05, 0) is 42.9 Å². The van der Waals surface area contributed by atoms with Crippen molar-refractivity contribution in [3.8, 4) is 0 Å². The van der Waals surface area contributed by atoms with Crippen LogP contribution in [0.1, 0.15) is 12.5 Å². The standard InChI is InChI=1S/C13H12Cl2N2OS/c1-3-17-12(18)11(16(2)13(17)19)6-8-4-5-9(14)7-10(8)15/h4-7H,3H2,1-2H3. The Bertz CT molecular complexity index is 586. The molecule has 6 heteroatoms. The SMILES string of the molecule is CCN1C(=O)C(=Cc2ccc(Cl)cc2Cl)N(C)C1=S. The lowest BCUT2D eigenvalue weighted by Gasteiger charge is -2.13. The Hall–Kier alpha value is -1.10. The maximum absolute atomic E-state index is 12.2. The number of hydrogen-bond acceptors (Lipinski definition) is 2. The molecule has 0 unspecified atom stereocenters. The molecule has 1 aliphatic rings. The van der Waals surface area contributed by atoms with Crippen LogP contribution in [0, 0.1) is 0 Å². The van der Waals surface area contributed by atoms with E-state index in [4.69, 9.17) is 35.4 Å². The largest absolute Gasteiger partial charge is 0.317 e. The van der Waals surface area contributed by atoms with Gasteiger partial charge in [0.05, 0.1) is 0 Å². The number of carbonyl (C=O) groups excluding carboxylic acids is 1. The van der Waals surface area contributed by atoms with Gasteiger partial charge in [-0.3, -0.25) is 9.69 Å². The van der Waals surface area contributed by atoms with Crippen molar-refractivity contribution in [2.24, 2.45) is 0 Å². The van der Waals surface area contributed by atoms with Crippen LogP contribution in [-0.2, 0) is 4.79 Å². The smallest absolute Gasteiger partial charge is 0.276 e. The molecule has 1 aromatic carbocycles. The minimum absolute atomic E-state index is 0.110.